The van der Waals surface area contributed by atoms with Gasteiger partial charge in [0.15, 0.2) is 0 Å². The summed E-state index contributed by atoms with van der Waals surface area (Å²) in [5.41, 5.74) is 1.24. The molecular weight excluding hydrogens is 236 g/mol. The first-order valence-electron chi connectivity index (χ1n) is 7.76. The SMILES string of the molecule is CCOC(=O)C(C)=CC1CCC(C(C)(C)CC)CC1. The van der Waals surface area contributed by atoms with Crippen LogP contribution in [0.4, 0.5) is 0 Å². The van der Waals surface area contributed by atoms with Crippen molar-refractivity contribution < 1.29 is 9.53 Å². The van der Waals surface area contributed by atoms with Crippen LogP contribution in [0.5, 0.6) is 0 Å². The van der Waals surface area contributed by atoms with Gasteiger partial charge in [0.25, 0.3) is 0 Å². The van der Waals surface area contributed by atoms with Gasteiger partial charge in [-0.25, -0.2) is 4.79 Å². The van der Waals surface area contributed by atoms with Crippen LogP contribution in [0.25, 0.3) is 0 Å². The molecule has 0 N–H and O–H groups in total. The largest absolute Gasteiger partial charge is 0.463 e. The van der Waals surface area contributed by atoms with Gasteiger partial charge in [-0.15, -0.1) is 0 Å². The number of ether oxygens (including phenoxy) is 1. The van der Waals surface area contributed by atoms with E-state index in [0.717, 1.165) is 11.5 Å². The van der Waals surface area contributed by atoms with Gasteiger partial charge < -0.3 is 4.74 Å². The molecule has 2 nitrogen and oxygen atoms in total. The number of carbonyl (C=O) groups excluding carboxylic acids is 1. The summed E-state index contributed by atoms with van der Waals surface area (Å²) in [6, 6.07) is 0. The van der Waals surface area contributed by atoms with Crippen molar-refractivity contribution in [3.63, 3.8) is 0 Å². The van der Waals surface area contributed by atoms with Crippen LogP contribution in [-0.4, -0.2) is 12.6 Å². The lowest BCUT2D eigenvalue weighted by Gasteiger charge is -2.38. The zero-order valence-electron chi connectivity index (χ0n) is 13.3. The maximum atomic E-state index is 11.6. The zero-order chi connectivity index (χ0) is 14.5. The van der Waals surface area contributed by atoms with Crippen LogP contribution in [-0.2, 0) is 9.53 Å². The van der Waals surface area contributed by atoms with E-state index >= 15 is 0 Å². The van der Waals surface area contributed by atoms with Crippen LogP contribution in [0.2, 0.25) is 0 Å². The minimum Gasteiger partial charge on any atom is -0.463 e. The van der Waals surface area contributed by atoms with Crippen molar-refractivity contribution in [1.82, 2.24) is 0 Å². The third kappa shape index (κ3) is 4.67. The summed E-state index contributed by atoms with van der Waals surface area (Å²) >= 11 is 0. The van der Waals surface area contributed by atoms with E-state index in [2.05, 4.69) is 26.8 Å². The summed E-state index contributed by atoms with van der Waals surface area (Å²) in [5, 5.41) is 0. The molecule has 0 aromatic carbocycles. The van der Waals surface area contributed by atoms with E-state index in [4.69, 9.17) is 4.74 Å². The lowest BCUT2D eigenvalue weighted by atomic mass is 9.67. The smallest absolute Gasteiger partial charge is 0.333 e. The minimum atomic E-state index is -0.154. The summed E-state index contributed by atoms with van der Waals surface area (Å²) in [7, 11) is 0. The molecule has 1 aliphatic carbocycles. The predicted octanol–water partition coefficient (Wildman–Crippen LogP) is 4.74. The molecule has 1 rings (SSSR count). The molecule has 0 bridgehead atoms. The van der Waals surface area contributed by atoms with Crippen molar-refractivity contribution in [2.75, 3.05) is 6.61 Å². The number of hydrogen-bond acceptors (Lipinski definition) is 2. The standard InChI is InChI=1S/C17H30O2/c1-6-17(4,5)15-10-8-14(9-11-15)12-13(3)16(18)19-7-2/h12,14-15H,6-11H2,1-5H3. The van der Waals surface area contributed by atoms with Crippen molar-refractivity contribution in [3.05, 3.63) is 11.6 Å². The molecule has 0 saturated heterocycles. The summed E-state index contributed by atoms with van der Waals surface area (Å²) in [6.07, 6.45) is 8.39. The molecule has 1 aliphatic rings. The molecule has 1 saturated carbocycles. The average molecular weight is 266 g/mol. The Kier molecular flexibility index (Phi) is 6.09. The fourth-order valence-corrected chi connectivity index (χ4v) is 3.02. The fraction of sp³-hybridized carbons (Fsp3) is 0.824. The highest BCUT2D eigenvalue weighted by Crippen LogP contribution is 2.42. The summed E-state index contributed by atoms with van der Waals surface area (Å²) in [6.45, 7) is 11.2. The van der Waals surface area contributed by atoms with Gasteiger partial charge >= 0.3 is 5.97 Å². The number of esters is 1. The molecule has 0 amide bonds. The van der Waals surface area contributed by atoms with Gasteiger partial charge in [-0.1, -0.05) is 33.3 Å². The molecule has 0 aromatic rings. The van der Waals surface area contributed by atoms with E-state index in [9.17, 15) is 4.79 Å². The molecule has 0 atom stereocenters. The first kappa shape index (κ1) is 16.3. The molecule has 0 aliphatic heterocycles. The Morgan fingerprint density at radius 1 is 1.21 bits per heavy atom. The summed E-state index contributed by atoms with van der Waals surface area (Å²) in [4.78, 5) is 11.6. The summed E-state index contributed by atoms with van der Waals surface area (Å²) < 4.78 is 5.03. The monoisotopic (exact) mass is 266 g/mol. The van der Waals surface area contributed by atoms with Crippen LogP contribution in [0.1, 0.15) is 66.7 Å². The van der Waals surface area contributed by atoms with E-state index in [1.807, 2.05) is 13.8 Å². The van der Waals surface area contributed by atoms with Crippen LogP contribution in [0.3, 0.4) is 0 Å². The lowest BCUT2D eigenvalue weighted by Crippen LogP contribution is -2.27. The second-order valence-corrected chi connectivity index (χ2v) is 6.52. The second-order valence-electron chi connectivity index (χ2n) is 6.52. The Morgan fingerprint density at radius 2 is 1.79 bits per heavy atom. The van der Waals surface area contributed by atoms with Gasteiger partial charge in [0, 0.05) is 5.57 Å². The van der Waals surface area contributed by atoms with Crippen LogP contribution < -0.4 is 0 Å². The highest BCUT2D eigenvalue weighted by molar-refractivity contribution is 5.87. The maximum Gasteiger partial charge on any atom is 0.333 e. The molecule has 0 spiro atoms. The number of hydrogen-bond donors (Lipinski definition) is 0. The van der Waals surface area contributed by atoms with Crippen molar-refractivity contribution in [2.24, 2.45) is 17.3 Å². The fourth-order valence-electron chi connectivity index (χ4n) is 3.02. The third-order valence-corrected chi connectivity index (χ3v) is 4.87. The van der Waals surface area contributed by atoms with E-state index in [0.29, 0.717) is 17.9 Å². The van der Waals surface area contributed by atoms with Gasteiger partial charge in [-0.3, -0.25) is 0 Å². The van der Waals surface area contributed by atoms with Gasteiger partial charge in [0.1, 0.15) is 0 Å². The molecule has 19 heavy (non-hydrogen) atoms. The van der Waals surface area contributed by atoms with Crippen molar-refractivity contribution >= 4 is 5.97 Å². The Labute approximate surface area is 118 Å². The first-order chi connectivity index (χ1) is 8.90. The zero-order valence-corrected chi connectivity index (χ0v) is 13.3. The van der Waals surface area contributed by atoms with Crippen LogP contribution in [0, 0.1) is 17.3 Å². The quantitative estimate of drug-likeness (QED) is 0.531. The highest BCUT2D eigenvalue weighted by Gasteiger charge is 2.31. The third-order valence-electron chi connectivity index (χ3n) is 4.87. The van der Waals surface area contributed by atoms with Crippen molar-refractivity contribution in [2.45, 2.75) is 66.7 Å². The predicted molar refractivity (Wildman–Crippen MR) is 79.9 cm³/mol. The van der Waals surface area contributed by atoms with Crippen molar-refractivity contribution in [1.29, 1.82) is 0 Å². The van der Waals surface area contributed by atoms with Crippen LogP contribution in [0.15, 0.2) is 11.6 Å². The first-order valence-corrected chi connectivity index (χ1v) is 7.76. The molecule has 1 fully saturated rings. The minimum absolute atomic E-state index is 0.154. The molecule has 0 unspecified atom stereocenters. The molecule has 0 aromatic heterocycles. The number of allylic oxidation sites excluding steroid dienone is 1. The van der Waals surface area contributed by atoms with Crippen LogP contribution >= 0.6 is 0 Å². The van der Waals surface area contributed by atoms with E-state index in [1.54, 1.807) is 0 Å². The summed E-state index contributed by atoms with van der Waals surface area (Å²) in [5.74, 6) is 1.25. The number of rotatable bonds is 5. The average Bonchev–Trinajstić information content (AvgIpc) is 2.39. The number of carbonyl (C=O) groups is 1. The highest BCUT2D eigenvalue weighted by atomic mass is 16.5. The van der Waals surface area contributed by atoms with Gasteiger partial charge in [0.05, 0.1) is 6.61 Å². The van der Waals surface area contributed by atoms with Gasteiger partial charge in [0.2, 0.25) is 0 Å². The Morgan fingerprint density at radius 3 is 2.26 bits per heavy atom. The molecular formula is C17H30O2. The molecule has 110 valence electrons. The molecule has 0 heterocycles. The Bertz CT molecular complexity index is 320. The lowest BCUT2D eigenvalue weighted by molar-refractivity contribution is -0.138. The van der Waals surface area contributed by atoms with Gasteiger partial charge in [-0.2, -0.15) is 0 Å². The van der Waals surface area contributed by atoms with E-state index in [1.165, 1.54) is 32.1 Å². The van der Waals surface area contributed by atoms with E-state index in [-0.39, 0.29) is 5.97 Å². The molecule has 0 radical (unpaired) electrons. The van der Waals surface area contributed by atoms with E-state index < -0.39 is 0 Å². The Hall–Kier alpha value is -0.790. The normalized spacial score (nSPS) is 25.2. The second kappa shape index (κ2) is 7.12. The topological polar surface area (TPSA) is 26.3 Å². The van der Waals surface area contributed by atoms with Crippen molar-refractivity contribution in [3.8, 4) is 0 Å². The Balaban J connectivity index is 2.50. The molecule has 2 heteroatoms. The van der Waals surface area contributed by atoms with Gasteiger partial charge in [-0.05, 0) is 56.8 Å². The maximum absolute atomic E-state index is 11.6.